The molecule has 1 aliphatic rings. The molecule has 1 N–H and O–H groups in total. The highest BCUT2D eigenvalue weighted by Crippen LogP contribution is 2.33. The molecule has 0 bridgehead atoms. The number of amides is 1. The van der Waals surface area contributed by atoms with Crippen molar-refractivity contribution >= 4 is 28.5 Å². The lowest BCUT2D eigenvalue weighted by Crippen LogP contribution is -2.51. The summed E-state index contributed by atoms with van der Waals surface area (Å²) in [5, 5.41) is 2.82. The molecule has 19 heavy (non-hydrogen) atoms. The average molecular weight is 383 g/mol. The second kappa shape index (κ2) is 4.96. The van der Waals surface area contributed by atoms with Crippen molar-refractivity contribution in [2.45, 2.75) is 37.9 Å². The molecule has 104 valence electrons. The fourth-order valence-electron chi connectivity index (χ4n) is 2.05. The molecular formula is C13H13F3INO. The molecule has 0 aromatic heterocycles. The van der Waals surface area contributed by atoms with Gasteiger partial charge in [-0.1, -0.05) is 0 Å². The minimum Gasteiger partial charge on any atom is -0.347 e. The van der Waals surface area contributed by atoms with Crippen molar-refractivity contribution in [2.75, 3.05) is 0 Å². The van der Waals surface area contributed by atoms with Gasteiger partial charge in [-0.15, -0.1) is 0 Å². The molecule has 2 nitrogen and oxygen atoms in total. The lowest BCUT2D eigenvalue weighted by molar-refractivity contribution is -0.137. The third-order valence-electron chi connectivity index (χ3n) is 3.41. The predicted molar refractivity (Wildman–Crippen MR) is 73.9 cm³/mol. The average Bonchev–Trinajstić information content (AvgIpc) is 2.25. The zero-order valence-electron chi connectivity index (χ0n) is 10.3. The number of halogens is 4. The molecule has 0 saturated heterocycles. The number of hydrogen-bond acceptors (Lipinski definition) is 1. The highest BCUT2D eigenvalue weighted by molar-refractivity contribution is 14.1. The van der Waals surface area contributed by atoms with Crippen LogP contribution in [0.3, 0.4) is 0 Å². The molecule has 0 aliphatic heterocycles. The van der Waals surface area contributed by atoms with Crippen LogP contribution in [0.5, 0.6) is 0 Å². The number of carbonyl (C=O) groups excluding carboxylic acids is 1. The van der Waals surface area contributed by atoms with Crippen LogP contribution in [0, 0.1) is 3.57 Å². The Hall–Kier alpha value is -0.790. The monoisotopic (exact) mass is 383 g/mol. The first-order valence-electron chi connectivity index (χ1n) is 5.91. The number of rotatable bonds is 2. The zero-order valence-corrected chi connectivity index (χ0v) is 12.4. The molecule has 1 aromatic carbocycles. The lowest BCUT2D eigenvalue weighted by Gasteiger charge is -2.39. The largest absolute Gasteiger partial charge is 0.416 e. The summed E-state index contributed by atoms with van der Waals surface area (Å²) in [6.45, 7) is 1.91. The second-order valence-electron chi connectivity index (χ2n) is 5.06. The van der Waals surface area contributed by atoms with Gasteiger partial charge in [0.05, 0.1) is 11.1 Å². The normalized spacial score (nSPS) is 17.7. The summed E-state index contributed by atoms with van der Waals surface area (Å²) >= 11 is 1.87. The third-order valence-corrected chi connectivity index (χ3v) is 4.35. The molecular weight excluding hydrogens is 370 g/mol. The van der Waals surface area contributed by atoms with E-state index in [2.05, 4.69) is 5.32 Å². The summed E-state index contributed by atoms with van der Waals surface area (Å²) in [4.78, 5) is 12.1. The molecule has 1 aromatic rings. The molecule has 0 atom stereocenters. The van der Waals surface area contributed by atoms with E-state index in [1.54, 1.807) is 0 Å². The van der Waals surface area contributed by atoms with Gasteiger partial charge in [0.1, 0.15) is 0 Å². The number of hydrogen-bond donors (Lipinski definition) is 1. The molecule has 0 radical (unpaired) electrons. The van der Waals surface area contributed by atoms with E-state index >= 15 is 0 Å². The quantitative estimate of drug-likeness (QED) is 0.770. The van der Waals surface area contributed by atoms with Crippen LogP contribution in [0.2, 0.25) is 0 Å². The van der Waals surface area contributed by atoms with Gasteiger partial charge in [0.25, 0.3) is 5.91 Å². The first-order valence-corrected chi connectivity index (χ1v) is 6.98. The standard InChI is InChI=1S/C13H13F3INO/c1-12(5-2-6-12)18-11(19)9-7-8(13(14,15)16)3-4-10(9)17/h3-4,7H,2,5-6H2,1H3,(H,18,19). The number of carbonyl (C=O) groups is 1. The van der Waals surface area contributed by atoms with Crippen molar-refractivity contribution in [3.63, 3.8) is 0 Å². The number of nitrogens with one attached hydrogen (secondary N) is 1. The van der Waals surface area contributed by atoms with E-state index in [1.165, 1.54) is 6.07 Å². The van der Waals surface area contributed by atoms with E-state index in [4.69, 9.17) is 0 Å². The summed E-state index contributed by atoms with van der Waals surface area (Å²) in [6.07, 6.45) is -1.65. The first kappa shape index (κ1) is 14.6. The maximum absolute atomic E-state index is 12.6. The summed E-state index contributed by atoms with van der Waals surface area (Å²) in [5.41, 5.74) is -0.977. The van der Waals surface area contributed by atoms with Crippen LogP contribution in [-0.4, -0.2) is 11.4 Å². The Kier molecular flexibility index (Phi) is 3.81. The maximum atomic E-state index is 12.6. The van der Waals surface area contributed by atoms with Gasteiger partial charge in [0, 0.05) is 9.11 Å². The Bertz CT molecular complexity index is 509. The van der Waals surface area contributed by atoms with E-state index in [0.29, 0.717) is 3.57 Å². The van der Waals surface area contributed by atoms with E-state index in [9.17, 15) is 18.0 Å². The van der Waals surface area contributed by atoms with Gasteiger partial charge >= 0.3 is 6.18 Å². The van der Waals surface area contributed by atoms with Gasteiger partial charge in [-0.05, 0) is 67.0 Å². The van der Waals surface area contributed by atoms with E-state index in [1.807, 2.05) is 29.5 Å². The van der Waals surface area contributed by atoms with Crippen molar-refractivity contribution < 1.29 is 18.0 Å². The SMILES string of the molecule is CC1(NC(=O)c2cc(C(F)(F)F)ccc2I)CCC1. The highest BCUT2D eigenvalue weighted by Gasteiger charge is 2.35. The Morgan fingerprint density at radius 1 is 1.37 bits per heavy atom. The van der Waals surface area contributed by atoms with E-state index < -0.39 is 17.6 Å². The van der Waals surface area contributed by atoms with Crippen LogP contribution in [0.4, 0.5) is 13.2 Å². The van der Waals surface area contributed by atoms with Crippen molar-refractivity contribution in [2.24, 2.45) is 0 Å². The molecule has 0 spiro atoms. The third kappa shape index (κ3) is 3.21. The molecule has 0 unspecified atom stereocenters. The number of benzene rings is 1. The minimum absolute atomic E-state index is 0.0866. The summed E-state index contributed by atoms with van der Waals surface area (Å²) in [6, 6.07) is 3.23. The van der Waals surface area contributed by atoms with Gasteiger partial charge < -0.3 is 5.32 Å². The number of alkyl halides is 3. The summed E-state index contributed by atoms with van der Waals surface area (Å²) in [7, 11) is 0. The van der Waals surface area contributed by atoms with Crippen molar-refractivity contribution in [1.82, 2.24) is 5.32 Å². The Morgan fingerprint density at radius 2 is 2.00 bits per heavy atom. The summed E-state index contributed by atoms with van der Waals surface area (Å²) in [5.74, 6) is -0.433. The van der Waals surface area contributed by atoms with Crippen LogP contribution in [0.1, 0.15) is 42.1 Å². The van der Waals surface area contributed by atoms with Crippen LogP contribution >= 0.6 is 22.6 Å². The van der Waals surface area contributed by atoms with Gasteiger partial charge in [0.15, 0.2) is 0 Å². The summed E-state index contributed by atoms with van der Waals surface area (Å²) < 4.78 is 38.5. The topological polar surface area (TPSA) is 29.1 Å². The molecule has 1 fully saturated rings. The van der Waals surface area contributed by atoms with Gasteiger partial charge in [0.2, 0.25) is 0 Å². The molecule has 1 amide bonds. The van der Waals surface area contributed by atoms with Gasteiger partial charge in [-0.25, -0.2) is 0 Å². The van der Waals surface area contributed by atoms with Crippen LogP contribution < -0.4 is 5.32 Å². The Labute approximate surface area is 122 Å². The van der Waals surface area contributed by atoms with Crippen molar-refractivity contribution in [3.8, 4) is 0 Å². The van der Waals surface area contributed by atoms with Crippen molar-refractivity contribution in [3.05, 3.63) is 32.9 Å². The van der Waals surface area contributed by atoms with Crippen LogP contribution in [0.15, 0.2) is 18.2 Å². The molecule has 0 heterocycles. The lowest BCUT2D eigenvalue weighted by atomic mass is 9.78. The molecule has 1 aliphatic carbocycles. The van der Waals surface area contributed by atoms with Gasteiger partial charge in [-0.2, -0.15) is 13.2 Å². The van der Waals surface area contributed by atoms with Crippen LogP contribution in [-0.2, 0) is 6.18 Å². The van der Waals surface area contributed by atoms with E-state index in [0.717, 1.165) is 31.4 Å². The van der Waals surface area contributed by atoms with Crippen LogP contribution in [0.25, 0.3) is 0 Å². The fraction of sp³-hybridized carbons (Fsp3) is 0.462. The second-order valence-corrected chi connectivity index (χ2v) is 6.22. The van der Waals surface area contributed by atoms with Gasteiger partial charge in [-0.3, -0.25) is 4.79 Å². The highest BCUT2D eigenvalue weighted by atomic mass is 127. The minimum atomic E-state index is -4.43. The fourth-order valence-corrected chi connectivity index (χ4v) is 2.63. The molecule has 6 heteroatoms. The van der Waals surface area contributed by atoms with Crippen molar-refractivity contribution in [1.29, 1.82) is 0 Å². The zero-order chi connectivity index (χ0) is 14.3. The smallest absolute Gasteiger partial charge is 0.347 e. The van der Waals surface area contributed by atoms with E-state index in [-0.39, 0.29) is 11.1 Å². The maximum Gasteiger partial charge on any atom is 0.416 e. The Morgan fingerprint density at radius 3 is 2.47 bits per heavy atom. The predicted octanol–water partition coefficient (Wildman–Crippen LogP) is 3.98. The Balaban J connectivity index is 2.25. The first-order chi connectivity index (χ1) is 8.71. The molecule has 2 rings (SSSR count). The molecule has 1 saturated carbocycles.